The first-order valence-corrected chi connectivity index (χ1v) is 8.27. The lowest BCUT2D eigenvalue weighted by atomic mass is 9.59. The lowest BCUT2D eigenvalue weighted by molar-refractivity contribution is -0.0748. The first-order chi connectivity index (χ1) is 8.58. The lowest BCUT2D eigenvalue weighted by Crippen LogP contribution is -2.48. The van der Waals surface area contributed by atoms with Gasteiger partial charge in [0.2, 0.25) is 0 Å². The summed E-state index contributed by atoms with van der Waals surface area (Å²) in [5.41, 5.74) is -0.860. The van der Waals surface area contributed by atoms with Crippen molar-refractivity contribution >= 4 is 0 Å². The maximum Gasteiger partial charge on any atom is 0.116 e. The van der Waals surface area contributed by atoms with Crippen LogP contribution in [-0.2, 0) is 0 Å². The van der Waals surface area contributed by atoms with Crippen molar-refractivity contribution in [2.24, 2.45) is 5.41 Å². The highest BCUT2D eigenvalue weighted by Gasteiger charge is 2.51. The molecule has 0 N–H and O–H groups in total. The smallest absolute Gasteiger partial charge is 0.116 e. The molecule has 0 aromatic heterocycles. The van der Waals surface area contributed by atoms with Crippen molar-refractivity contribution < 1.29 is 4.39 Å². The maximum atomic E-state index is 14.9. The van der Waals surface area contributed by atoms with E-state index in [-0.39, 0.29) is 5.41 Å². The van der Waals surface area contributed by atoms with Crippen LogP contribution in [-0.4, -0.2) is 5.67 Å². The Morgan fingerprint density at radius 2 is 1.39 bits per heavy atom. The summed E-state index contributed by atoms with van der Waals surface area (Å²) < 4.78 is 14.9. The van der Waals surface area contributed by atoms with Gasteiger partial charge in [0.25, 0.3) is 0 Å². The van der Waals surface area contributed by atoms with Crippen LogP contribution in [0.25, 0.3) is 0 Å². The zero-order chi connectivity index (χ0) is 13.5. The van der Waals surface area contributed by atoms with E-state index in [4.69, 9.17) is 0 Å². The van der Waals surface area contributed by atoms with E-state index in [2.05, 4.69) is 20.8 Å². The molecule has 1 aliphatic rings. The topological polar surface area (TPSA) is 0 Å². The highest BCUT2D eigenvalue weighted by molar-refractivity contribution is 5.01. The molecule has 0 aliphatic heterocycles. The predicted octanol–water partition coefficient (Wildman–Crippen LogP) is 6.44. The maximum absolute atomic E-state index is 14.9. The number of rotatable bonds is 10. The van der Waals surface area contributed by atoms with Gasteiger partial charge in [-0.2, -0.15) is 0 Å². The minimum absolute atomic E-state index is 0.0336. The summed E-state index contributed by atoms with van der Waals surface area (Å²) >= 11 is 0. The SMILES string of the molecule is CCCCCCC(C)(CCCCC)C1(F)CCC1. The summed E-state index contributed by atoms with van der Waals surface area (Å²) in [4.78, 5) is 0. The molecule has 0 aromatic rings. The predicted molar refractivity (Wildman–Crippen MR) is 78.7 cm³/mol. The van der Waals surface area contributed by atoms with Crippen LogP contribution in [0.3, 0.4) is 0 Å². The molecule has 0 radical (unpaired) electrons. The molecular formula is C17H33F. The molecule has 0 amide bonds. The van der Waals surface area contributed by atoms with E-state index in [0.717, 1.165) is 32.1 Å². The number of hydrogen-bond donors (Lipinski definition) is 0. The van der Waals surface area contributed by atoms with Gasteiger partial charge < -0.3 is 0 Å². The summed E-state index contributed by atoms with van der Waals surface area (Å²) in [7, 11) is 0. The van der Waals surface area contributed by atoms with Crippen molar-refractivity contribution in [3.05, 3.63) is 0 Å². The molecular weight excluding hydrogens is 223 g/mol. The standard InChI is InChI=1S/C17H33F/c1-4-6-8-10-13-16(3,12-9-7-5-2)17(18)14-11-15-17/h4-15H2,1-3H3. The average molecular weight is 256 g/mol. The molecule has 1 fully saturated rings. The monoisotopic (exact) mass is 256 g/mol. The summed E-state index contributed by atoms with van der Waals surface area (Å²) in [6.07, 6.45) is 13.8. The second-order valence-electron chi connectivity index (χ2n) is 6.65. The zero-order valence-electron chi connectivity index (χ0n) is 12.9. The Morgan fingerprint density at radius 3 is 1.83 bits per heavy atom. The molecule has 1 unspecified atom stereocenters. The van der Waals surface area contributed by atoms with Gasteiger partial charge in [0.15, 0.2) is 0 Å². The van der Waals surface area contributed by atoms with E-state index in [1.165, 1.54) is 44.9 Å². The Balaban J connectivity index is 2.45. The molecule has 0 heterocycles. The fourth-order valence-corrected chi connectivity index (χ4v) is 3.37. The minimum Gasteiger partial charge on any atom is -0.243 e. The number of alkyl halides is 1. The van der Waals surface area contributed by atoms with Gasteiger partial charge in [-0.3, -0.25) is 0 Å². The van der Waals surface area contributed by atoms with Gasteiger partial charge in [0.05, 0.1) is 0 Å². The van der Waals surface area contributed by atoms with E-state index in [1.807, 2.05) is 0 Å². The van der Waals surface area contributed by atoms with Crippen LogP contribution < -0.4 is 0 Å². The number of unbranched alkanes of at least 4 members (excludes halogenated alkanes) is 5. The quantitative estimate of drug-likeness (QED) is 0.395. The molecule has 1 atom stereocenters. The van der Waals surface area contributed by atoms with Gasteiger partial charge in [0, 0.05) is 5.41 Å². The largest absolute Gasteiger partial charge is 0.243 e. The Kier molecular flexibility index (Phi) is 6.66. The van der Waals surface area contributed by atoms with Gasteiger partial charge in [-0.25, -0.2) is 4.39 Å². The van der Waals surface area contributed by atoms with Gasteiger partial charge in [0.1, 0.15) is 5.67 Å². The van der Waals surface area contributed by atoms with E-state index in [0.29, 0.717) is 0 Å². The first kappa shape index (κ1) is 16.0. The van der Waals surface area contributed by atoms with E-state index >= 15 is 0 Å². The second kappa shape index (κ2) is 7.50. The van der Waals surface area contributed by atoms with Crippen molar-refractivity contribution in [3.63, 3.8) is 0 Å². The Labute approximate surface area is 114 Å². The van der Waals surface area contributed by atoms with Gasteiger partial charge in [-0.15, -0.1) is 0 Å². The fourth-order valence-electron chi connectivity index (χ4n) is 3.37. The van der Waals surface area contributed by atoms with Crippen LogP contribution in [0.15, 0.2) is 0 Å². The van der Waals surface area contributed by atoms with Gasteiger partial charge >= 0.3 is 0 Å². The minimum atomic E-state index is -0.826. The van der Waals surface area contributed by atoms with Crippen molar-refractivity contribution in [2.75, 3.05) is 0 Å². The van der Waals surface area contributed by atoms with Crippen LogP contribution in [0.4, 0.5) is 4.39 Å². The molecule has 0 aromatic carbocycles. The Morgan fingerprint density at radius 1 is 0.889 bits per heavy atom. The molecule has 1 rings (SSSR count). The van der Waals surface area contributed by atoms with Crippen LogP contribution >= 0.6 is 0 Å². The summed E-state index contributed by atoms with van der Waals surface area (Å²) in [6.45, 7) is 6.70. The molecule has 0 nitrogen and oxygen atoms in total. The van der Waals surface area contributed by atoms with Crippen LogP contribution in [0.2, 0.25) is 0 Å². The molecule has 0 spiro atoms. The fraction of sp³-hybridized carbons (Fsp3) is 1.00. The highest BCUT2D eigenvalue weighted by atomic mass is 19.1. The lowest BCUT2D eigenvalue weighted by Gasteiger charge is -2.49. The molecule has 18 heavy (non-hydrogen) atoms. The molecule has 108 valence electrons. The summed E-state index contributed by atoms with van der Waals surface area (Å²) in [5.74, 6) is 0. The van der Waals surface area contributed by atoms with Crippen LogP contribution in [0, 0.1) is 5.41 Å². The Hall–Kier alpha value is -0.0700. The van der Waals surface area contributed by atoms with E-state index < -0.39 is 5.67 Å². The number of halogens is 1. The molecule has 1 aliphatic carbocycles. The highest BCUT2D eigenvalue weighted by Crippen LogP contribution is 2.54. The molecule has 1 saturated carbocycles. The average Bonchev–Trinajstić information content (AvgIpc) is 2.32. The molecule has 1 heteroatoms. The van der Waals surface area contributed by atoms with Crippen molar-refractivity contribution in [3.8, 4) is 0 Å². The Bertz CT molecular complexity index is 220. The third kappa shape index (κ3) is 3.96. The third-order valence-corrected chi connectivity index (χ3v) is 5.14. The van der Waals surface area contributed by atoms with Crippen molar-refractivity contribution in [2.45, 2.75) is 103 Å². The van der Waals surface area contributed by atoms with Gasteiger partial charge in [-0.1, -0.05) is 65.7 Å². The summed E-state index contributed by atoms with van der Waals surface area (Å²) in [6, 6.07) is 0. The third-order valence-electron chi connectivity index (χ3n) is 5.14. The normalized spacial score (nSPS) is 21.3. The van der Waals surface area contributed by atoms with Crippen LogP contribution in [0.5, 0.6) is 0 Å². The second-order valence-corrected chi connectivity index (χ2v) is 6.65. The van der Waals surface area contributed by atoms with E-state index in [1.54, 1.807) is 0 Å². The molecule has 0 bridgehead atoms. The van der Waals surface area contributed by atoms with Crippen LogP contribution in [0.1, 0.15) is 97.8 Å². The van der Waals surface area contributed by atoms with Crippen molar-refractivity contribution in [1.82, 2.24) is 0 Å². The molecule has 0 saturated heterocycles. The number of hydrogen-bond acceptors (Lipinski definition) is 0. The van der Waals surface area contributed by atoms with E-state index in [9.17, 15) is 4.39 Å². The van der Waals surface area contributed by atoms with Crippen molar-refractivity contribution in [1.29, 1.82) is 0 Å². The van der Waals surface area contributed by atoms with Gasteiger partial charge in [-0.05, 0) is 32.1 Å². The zero-order valence-corrected chi connectivity index (χ0v) is 12.9. The first-order valence-electron chi connectivity index (χ1n) is 8.27. The summed E-state index contributed by atoms with van der Waals surface area (Å²) in [5, 5.41) is 0.